The van der Waals surface area contributed by atoms with Crippen LogP contribution in [-0.2, 0) is 13.6 Å². The van der Waals surface area contributed by atoms with Crippen LogP contribution in [0.4, 0.5) is 0 Å². The molecule has 0 aromatic rings. The predicted octanol–water partition coefficient (Wildman–Crippen LogP) is 7.31. The van der Waals surface area contributed by atoms with Gasteiger partial charge in [-0.05, 0) is 31.6 Å². The van der Waals surface area contributed by atoms with Crippen molar-refractivity contribution >= 4 is 13.7 Å². The van der Waals surface area contributed by atoms with Crippen LogP contribution in [-0.4, -0.2) is 96.8 Å². The van der Waals surface area contributed by atoms with E-state index in [4.69, 9.17) is 9.05 Å². The normalized spacial score (nSPS) is 24.3. The van der Waals surface area contributed by atoms with Crippen LogP contribution in [0.1, 0.15) is 194 Å². The van der Waals surface area contributed by atoms with Crippen molar-refractivity contribution in [3.63, 3.8) is 0 Å². The molecule has 1 aliphatic carbocycles. The summed E-state index contributed by atoms with van der Waals surface area (Å²) < 4.78 is 22.8. The summed E-state index contributed by atoms with van der Waals surface area (Å²) in [5.74, 6) is -0.465. The number of aliphatic hydroxyl groups is 6. The molecule has 0 heterocycles. The number of unbranched alkanes of at least 4 members (excludes halogenated alkanes) is 25. The Morgan fingerprint density at radius 2 is 0.982 bits per heavy atom. The van der Waals surface area contributed by atoms with Crippen molar-refractivity contribution in [3.8, 4) is 0 Å². The van der Waals surface area contributed by atoms with Crippen LogP contribution in [0.25, 0.3) is 0 Å². The topological polar surface area (TPSA) is 213 Å². The highest BCUT2D eigenvalue weighted by Crippen LogP contribution is 2.47. The fraction of sp³-hybridized carbons (Fsp3) is 0.929. The van der Waals surface area contributed by atoms with Gasteiger partial charge in [0.1, 0.15) is 42.7 Å². The molecule has 3 unspecified atom stereocenters. The average molecular weight is 807 g/mol. The highest BCUT2D eigenvalue weighted by atomic mass is 31.2. The van der Waals surface area contributed by atoms with Gasteiger partial charge in [-0.25, -0.2) is 4.57 Å². The summed E-state index contributed by atoms with van der Waals surface area (Å²) in [6.45, 7) is 3.77. The van der Waals surface area contributed by atoms with Gasteiger partial charge < -0.3 is 40.6 Å². The third kappa shape index (κ3) is 25.2. The summed E-state index contributed by atoms with van der Waals surface area (Å²) in [5.41, 5.74) is 0. The molecular formula is C42H81NO11P-. The Bertz CT molecular complexity index is 1000. The molecule has 0 aromatic carbocycles. The van der Waals surface area contributed by atoms with Gasteiger partial charge in [0, 0.05) is 0 Å². The second-order valence-electron chi connectivity index (χ2n) is 15.8. The summed E-state index contributed by atoms with van der Waals surface area (Å²) in [5, 5.41) is 73.9. The lowest BCUT2D eigenvalue weighted by molar-refractivity contribution is -0.220. The van der Waals surface area contributed by atoms with Crippen LogP contribution in [0.15, 0.2) is 17.1 Å². The molecule has 0 amide bonds. The fourth-order valence-electron chi connectivity index (χ4n) is 7.08. The second kappa shape index (κ2) is 33.0. The molecule has 1 saturated carbocycles. The van der Waals surface area contributed by atoms with E-state index >= 15 is 0 Å². The fourth-order valence-corrected chi connectivity index (χ4v) is 8.03. The van der Waals surface area contributed by atoms with Gasteiger partial charge in [0.15, 0.2) is 0 Å². The molecule has 7 N–H and O–H groups in total. The van der Waals surface area contributed by atoms with Gasteiger partial charge in [0.05, 0.1) is 12.7 Å². The Labute approximate surface area is 333 Å². The quantitative estimate of drug-likeness (QED) is 0.0110. The highest BCUT2D eigenvalue weighted by Gasteiger charge is 2.51. The summed E-state index contributed by atoms with van der Waals surface area (Å²) in [7, 11) is -5.09. The summed E-state index contributed by atoms with van der Waals surface area (Å²) >= 11 is 0. The van der Waals surface area contributed by atoms with Crippen molar-refractivity contribution in [1.29, 1.82) is 0 Å². The first kappa shape index (κ1) is 52.1. The number of hydrogen-bond donors (Lipinski definition) is 7. The van der Waals surface area contributed by atoms with Gasteiger partial charge in [0.2, 0.25) is 0 Å². The molecule has 13 heteroatoms. The minimum atomic E-state index is -5.09. The van der Waals surface area contributed by atoms with Crippen LogP contribution in [0.2, 0.25) is 0 Å². The Balaban J connectivity index is 2.57. The molecule has 0 aliphatic heterocycles. The van der Waals surface area contributed by atoms with Gasteiger partial charge >= 0.3 is 7.82 Å². The van der Waals surface area contributed by atoms with E-state index in [1.54, 1.807) is 6.08 Å². The van der Waals surface area contributed by atoms with E-state index < -0.39 is 69.1 Å². The molecule has 55 heavy (non-hydrogen) atoms. The van der Waals surface area contributed by atoms with Crippen LogP contribution < -0.4 is 5.11 Å². The number of phosphoric acid groups is 1. The molecule has 1 fully saturated rings. The molecule has 0 saturated heterocycles. The Kier molecular flexibility index (Phi) is 31.2. The Morgan fingerprint density at radius 1 is 0.618 bits per heavy atom. The van der Waals surface area contributed by atoms with Crippen molar-refractivity contribution in [3.05, 3.63) is 12.2 Å². The first-order valence-electron chi connectivity index (χ1n) is 22.1. The maximum atomic E-state index is 12.8. The summed E-state index contributed by atoms with van der Waals surface area (Å²) in [4.78, 5) is 14.5. The number of aliphatic hydroxyl groups excluding tert-OH is 6. The van der Waals surface area contributed by atoms with Crippen LogP contribution in [0, 0.1) is 0 Å². The maximum Gasteiger partial charge on any atom is 0.472 e. The second-order valence-corrected chi connectivity index (χ2v) is 17.2. The number of phosphoric ester groups is 1. The standard InChI is InChI=1S/C42H82NO11P/c1-3-5-7-9-11-13-15-17-18-20-22-24-26-28-30-32-36(45)43-34(35(44)31-29-27-25-23-21-19-16-14-12-10-8-6-4-2)33-53-55(51,52)54-42-40(49)38(47)37(46)39(48)41(42)50/h29,31,34-35,37-42,44,46-50H,3-28,30,32-33H2,1-2H3,(H,43,45)(H,51,52)/p-1/b31-29+/t34-,35+,37?,38-,39+,40+,41+,42?/m0/s1. The van der Waals surface area contributed by atoms with Crippen molar-refractivity contribution in [2.45, 2.75) is 242 Å². The van der Waals surface area contributed by atoms with E-state index in [-0.39, 0.29) is 6.42 Å². The lowest BCUT2D eigenvalue weighted by Gasteiger charge is -2.41. The largest absolute Gasteiger partial charge is 0.862 e. The summed E-state index contributed by atoms with van der Waals surface area (Å²) in [6, 6.07) is -1.24. The minimum absolute atomic E-state index is 0.162. The molecule has 0 radical (unpaired) electrons. The van der Waals surface area contributed by atoms with E-state index in [2.05, 4.69) is 18.8 Å². The smallest absolute Gasteiger partial charge is 0.472 e. The summed E-state index contributed by atoms with van der Waals surface area (Å²) in [6.07, 6.45) is 22.4. The first-order valence-corrected chi connectivity index (χ1v) is 23.6. The van der Waals surface area contributed by atoms with Crippen molar-refractivity contribution in [1.82, 2.24) is 0 Å². The molecule has 0 bridgehead atoms. The Hall–Kier alpha value is -0.920. The van der Waals surface area contributed by atoms with Crippen LogP contribution in [0.3, 0.4) is 0 Å². The van der Waals surface area contributed by atoms with Gasteiger partial charge in [-0.15, -0.1) is 0 Å². The maximum absolute atomic E-state index is 12.8. The molecule has 1 aliphatic rings. The third-order valence-corrected chi connectivity index (χ3v) is 11.7. The zero-order valence-corrected chi connectivity index (χ0v) is 35.3. The third-order valence-electron chi connectivity index (χ3n) is 10.7. The van der Waals surface area contributed by atoms with Gasteiger partial charge in [-0.1, -0.05) is 180 Å². The zero-order chi connectivity index (χ0) is 40.7. The van der Waals surface area contributed by atoms with E-state index in [1.807, 2.05) is 0 Å². The number of hydrogen-bond acceptors (Lipinski definition) is 11. The molecule has 1 rings (SSSR count). The van der Waals surface area contributed by atoms with Crippen molar-refractivity contribution in [2.24, 2.45) is 4.99 Å². The lowest BCUT2D eigenvalue weighted by atomic mass is 9.85. The van der Waals surface area contributed by atoms with E-state index in [1.165, 1.54) is 128 Å². The monoisotopic (exact) mass is 807 g/mol. The van der Waals surface area contributed by atoms with Gasteiger partial charge in [0.25, 0.3) is 0 Å². The molecule has 0 spiro atoms. The van der Waals surface area contributed by atoms with Crippen LogP contribution >= 0.6 is 7.82 Å². The van der Waals surface area contributed by atoms with Gasteiger partial charge in [-0.3, -0.25) is 14.0 Å². The molecular weight excluding hydrogens is 725 g/mol. The number of rotatable bonds is 36. The SMILES string of the molecule is CCCCCCCCCCCCC/C=C/[C@@H](O)[C@H](COP(=O)(O)OC1[C@H](O)[C@H](O)C(O)[C@H](O)[C@H]1O)N=C([O-])CCCCCCCCCCCCCCCCC. The molecule has 326 valence electrons. The highest BCUT2D eigenvalue weighted by molar-refractivity contribution is 7.47. The molecule has 12 nitrogen and oxygen atoms in total. The van der Waals surface area contributed by atoms with Crippen LogP contribution in [0.5, 0.6) is 0 Å². The number of allylic oxidation sites excluding steroid dienone is 1. The first-order chi connectivity index (χ1) is 26.4. The van der Waals surface area contributed by atoms with Gasteiger partial charge in [-0.2, -0.15) is 0 Å². The zero-order valence-electron chi connectivity index (χ0n) is 34.4. The van der Waals surface area contributed by atoms with E-state index in [9.17, 15) is 45.2 Å². The molecule has 9 atom stereocenters. The average Bonchev–Trinajstić information content (AvgIpc) is 3.16. The van der Waals surface area contributed by atoms with E-state index in [0.29, 0.717) is 12.8 Å². The van der Waals surface area contributed by atoms with E-state index in [0.717, 1.165) is 38.5 Å². The number of nitrogens with zero attached hydrogens (tertiary/aromatic N) is 1. The lowest BCUT2D eigenvalue weighted by Crippen LogP contribution is -2.64. The minimum Gasteiger partial charge on any atom is -0.862 e. The predicted molar refractivity (Wildman–Crippen MR) is 218 cm³/mol. The van der Waals surface area contributed by atoms with Crippen molar-refractivity contribution in [2.75, 3.05) is 6.61 Å². The Morgan fingerprint density at radius 3 is 1.40 bits per heavy atom. The van der Waals surface area contributed by atoms with Crippen molar-refractivity contribution < 1.29 is 54.3 Å². The molecule has 0 aromatic heterocycles. The number of aliphatic imine (C=N–C) groups is 1.